The Balaban J connectivity index is 1.05. The summed E-state index contributed by atoms with van der Waals surface area (Å²) in [7, 11) is -2.35. The highest BCUT2D eigenvalue weighted by molar-refractivity contribution is 7.91. The summed E-state index contributed by atoms with van der Waals surface area (Å²) in [5.41, 5.74) is -0.290. The fraction of sp³-hybridized carbons (Fsp3) is 0.583. The molecule has 9 rings (SSSR count). The van der Waals surface area contributed by atoms with Crippen LogP contribution in [-0.4, -0.2) is 102 Å². The Morgan fingerprint density at radius 3 is 2.46 bits per heavy atom. The molecule has 3 N–H and O–H groups in total. The number of aromatic nitrogens is 2. The molecular weight excluding hydrogens is 853 g/mol. The number of hydrogen-bond acceptors (Lipinski definition) is 12. The van der Waals surface area contributed by atoms with Gasteiger partial charge in [0.05, 0.1) is 30.7 Å². The summed E-state index contributed by atoms with van der Waals surface area (Å²) in [4.78, 5) is 68.4. The second kappa shape index (κ2) is 17.7. The summed E-state index contributed by atoms with van der Waals surface area (Å²) in [6, 6.07) is 8.83. The first-order valence-corrected chi connectivity index (χ1v) is 24.7. The molecule has 3 unspecified atom stereocenters. The van der Waals surface area contributed by atoms with Crippen LogP contribution in [0.25, 0.3) is 22.0 Å². The predicted molar refractivity (Wildman–Crippen MR) is 240 cm³/mol. The molecule has 4 amide bonds. The monoisotopic (exact) mass is 912 g/mol. The van der Waals surface area contributed by atoms with Gasteiger partial charge < -0.3 is 34.5 Å². The standard InChI is InChI=1S/C48H60N6O10S/c1-26(2)62-41-15-10-29(24-49-41)39-21-32-20-34(61-5)11-14-38(32)44(50-39)63-36-22-40-43(55)52-48(46(57)53-65(59,60)37-12-13-37)23-33(48)9-7-6-8-27(3)16-28(4)42(45(56)54(40)25-36)51-47(58)64-35-18-30-17-31(30)19-35/h7,9-11,14-15,20-21,24,26-28,30-31,33,35-37,40,42H,6,8,12-13,16-19,22-23,25H2,1-5H3,(H,51,58)(H,52,55)(H,53,57)/b9-7-/t27-,28-,30-,31+,33?,35?,36?,40+,42+,48-/m1/s1. The fourth-order valence-corrected chi connectivity index (χ4v) is 11.5. The summed E-state index contributed by atoms with van der Waals surface area (Å²) in [6.07, 6.45) is 9.78. The lowest BCUT2D eigenvalue weighted by atomic mass is 9.88. The van der Waals surface area contributed by atoms with Gasteiger partial charge in [-0.3, -0.25) is 19.1 Å². The van der Waals surface area contributed by atoms with E-state index in [-0.39, 0.29) is 49.3 Å². The summed E-state index contributed by atoms with van der Waals surface area (Å²) in [5.74, 6) is -0.0477. The molecule has 10 atom stereocenters. The molecule has 1 saturated heterocycles. The largest absolute Gasteiger partial charge is 0.497 e. The van der Waals surface area contributed by atoms with Gasteiger partial charge in [-0.1, -0.05) is 26.0 Å². The van der Waals surface area contributed by atoms with Crippen molar-refractivity contribution >= 4 is 44.6 Å². The zero-order chi connectivity index (χ0) is 45.8. The number of carbonyl (C=O) groups excluding carboxylic acids is 4. The number of hydrogen-bond donors (Lipinski definition) is 3. The van der Waals surface area contributed by atoms with E-state index in [1.165, 1.54) is 4.90 Å². The highest BCUT2D eigenvalue weighted by Gasteiger charge is 2.62. The van der Waals surface area contributed by atoms with E-state index in [0.29, 0.717) is 65.8 Å². The molecule has 5 fully saturated rings. The molecule has 3 aromatic rings. The molecule has 4 saturated carbocycles. The van der Waals surface area contributed by atoms with Crippen LogP contribution in [0.5, 0.6) is 17.5 Å². The topological polar surface area (TPSA) is 204 Å². The number of ether oxygens (including phenoxy) is 4. The molecule has 2 aliphatic heterocycles. The Morgan fingerprint density at radius 2 is 1.75 bits per heavy atom. The van der Waals surface area contributed by atoms with Crippen molar-refractivity contribution in [3.8, 4) is 28.8 Å². The number of nitrogens with zero attached hydrogens (tertiary/aromatic N) is 3. The Labute approximate surface area is 380 Å². The summed E-state index contributed by atoms with van der Waals surface area (Å²) in [6.45, 7) is 7.82. The van der Waals surface area contributed by atoms with Crippen molar-refractivity contribution in [2.24, 2.45) is 29.6 Å². The van der Waals surface area contributed by atoms with Crippen LogP contribution in [-0.2, 0) is 29.1 Å². The summed E-state index contributed by atoms with van der Waals surface area (Å²) >= 11 is 0. The van der Waals surface area contributed by atoms with Gasteiger partial charge in [-0.2, -0.15) is 0 Å². The van der Waals surface area contributed by atoms with Crippen LogP contribution >= 0.6 is 0 Å². The maximum atomic E-state index is 15.2. The van der Waals surface area contributed by atoms with Crippen LogP contribution in [0.4, 0.5) is 4.79 Å². The number of rotatable bonds is 11. The first-order valence-electron chi connectivity index (χ1n) is 23.2. The fourth-order valence-electron chi connectivity index (χ4n) is 10.1. The number of methoxy groups -OCH3 is 1. The zero-order valence-electron chi connectivity index (χ0n) is 37.7. The van der Waals surface area contributed by atoms with E-state index in [2.05, 4.69) is 27.3 Å². The van der Waals surface area contributed by atoms with Gasteiger partial charge in [0.2, 0.25) is 33.6 Å². The van der Waals surface area contributed by atoms with Gasteiger partial charge in [-0.15, -0.1) is 0 Å². The van der Waals surface area contributed by atoms with Crippen molar-refractivity contribution in [3.63, 3.8) is 0 Å². The van der Waals surface area contributed by atoms with Crippen LogP contribution in [0.2, 0.25) is 0 Å². The minimum atomic E-state index is -3.93. The average molecular weight is 913 g/mol. The van der Waals surface area contributed by atoms with E-state index in [1.54, 1.807) is 25.4 Å². The Kier molecular flexibility index (Phi) is 12.2. The van der Waals surface area contributed by atoms with Gasteiger partial charge in [0.25, 0.3) is 5.91 Å². The minimum Gasteiger partial charge on any atom is -0.497 e. The zero-order valence-corrected chi connectivity index (χ0v) is 38.5. The molecule has 2 aromatic heterocycles. The molecular formula is C48H60N6O10S. The van der Waals surface area contributed by atoms with E-state index in [1.807, 2.05) is 57.2 Å². The lowest BCUT2D eigenvalue weighted by molar-refractivity contribution is -0.142. The summed E-state index contributed by atoms with van der Waals surface area (Å²) < 4.78 is 52.3. The lowest BCUT2D eigenvalue weighted by Gasteiger charge is -2.33. The van der Waals surface area contributed by atoms with Crippen LogP contribution < -0.4 is 29.6 Å². The number of alkyl carbamates (subject to hydrolysis) is 1. The third-order valence-electron chi connectivity index (χ3n) is 14.0. The number of allylic oxidation sites excluding steroid dienone is 1. The van der Waals surface area contributed by atoms with Crippen molar-refractivity contribution in [2.45, 2.75) is 133 Å². The number of carbonyl (C=O) groups is 4. The van der Waals surface area contributed by atoms with Gasteiger partial charge in [-0.25, -0.2) is 23.2 Å². The minimum absolute atomic E-state index is 0.00923. The van der Waals surface area contributed by atoms with E-state index in [9.17, 15) is 22.8 Å². The molecule has 4 heterocycles. The molecule has 1 aromatic carbocycles. The number of pyridine rings is 2. The number of nitrogens with one attached hydrogen (secondary N) is 3. The number of sulfonamides is 1. The van der Waals surface area contributed by atoms with Crippen LogP contribution in [0.3, 0.4) is 0 Å². The third kappa shape index (κ3) is 9.75. The number of amides is 4. The molecule has 6 aliphatic rings. The first kappa shape index (κ1) is 44.7. The first-order chi connectivity index (χ1) is 31.1. The van der Waals surface area contributed by atoms with Crippen molar-refractivity contribution in [1.82, 2.24) is 30.2 Å². The van der Waals surface area contributed by atoms with E-state index in [0.717, 1.165) is 31.1 Å². The van der Waals surface area contributed by atoms with Gasteiger partial charge in [0.15, 0.2) is 0 Å². The Bertz CT molecular complexity index is 2470. The van der Waals surface area contributed by atoms with Gasteiger partial charge in [-0.05, 0) is 131 Å². The number of benzene rings is 1. The quantitative estimate of drug-likeness (QED) is 0.195. The Hall–Kier alpha value is -5.45. The normalized spacial score (nSPS) is 31.6. The second-order valence-electron chi connectivity index (χ2n) is 19.6. The van der Waals surface area contributed by atoms with Crippen molar-refractivity contribution < 1.29 is 46.5 Å². The maximum absolute atomic E-state index is 15.2. The maximum Gasteiger partial charge on any atom is 0.408 e. The lowest BCUT2D eigenvalue weighted by Crippen LogP contribution is -2.59. The van der Waals surface area contributed by atoms with Crippen LogP contribution in [0, 0.1) is 29.6 Å². The molecule has 17 heteroatoms. The van der Waals surface area contributed by atoms with E-state index >= 15 is 4.79 Å². The summed E-state index contributed by atoms with van der Waals surface area (Å²) in [5, 5.41) is 6.65. The molecule has 65 heavy (non-hydrogen) atoms. The Morgan fingerprint density at radius 1 is 0.969 bits per heavy atom. The van der Waals surface area contributed by atoms with Gasteiger partial charge >= 0.3 is 6.09 Å². The SMILES string of the molecule is COc1ccc2c(OC3C[C@H]4C(=O)N[C@]5(C(=O)NS(=O)(=O)C6CC6)CC5/C=C\CC[C@@H](C)C[C@@H](C)[C@H](NC(=O)OC5C[C@@H]6C[C@@H]6C5)C(=O)N4C3)nc(-c3ccc(OC(C)C)nc3)cc2c1. The van der Waals surface area contributed by atoms with Gasteiger partial charge in [0.1, 0.15) is 35.6 Å². The molecule has 0 spiro atoms. The van der Waals surface area contributed by atoms with Crippen LogP contribution in [0.1, 0.15) is 91.9 Å². The molecule has 4 aliphatic carbocycles. The highest BCUT2D eigenvalue weighted by atomic mass is 32.2. The van der Waals surface area contributed by atoms with Crippen LogP contribution in [0.15, 0.2) is 54.7 Å². The predicted octanol–water partition coefficient (Wildman–Crippen LogP) is 5.83. The van der Waals surface area contributed by atoms with E-state index < -0.39 is 68.7 Å². The molecule has 0 bridgehead atoms. The second-order valence-corrected chi connectivity index (χ2v) is 21.5. The molecule has 16 nitrogen and oxygen atoms in total. The van der Waals surface area contributed by atoms with Gasteiger partial charge in [0, 0.05) is 35.6 Å². The molecule has 348 valence electrons. The van der Waals surface area contributed by atoms with Crippen molar-refractivity contribution in [1.29, 1.82) is 0 Å². The van der Waals surface area contributed by atoms with Crippen molar-refractivity contribution in [2.75, 3.05) is 13.7 Å². The number of fused-ring (bicyclic) bond motifs is 4. The third-order valence-corrected chi connectivity index (χ3v) is 15.9. The van der Waals surface area contributed by atoms with E-state index in [4.69, 9.17) is 23.9 Å². The van der Waals surface area contributed by atoms with Crippen molar-refractivity contribution in [3.05, 3.63) is 54.7 Å². The highest BCUT2D eigenvalue weighted by Crippen LogP contribution is 2.52. The smallest absolute Gasteiger partial charge is 0.408 e. The average Bonchev–Trinajstić information content (AvgIpc) is 4.23. The molecule has 0 radical (unpaired) electrons.